The summed E-state index contributed by atoms with van der Waals surface area (Å²) in [5.74, 6) is 0.614. The van der Waals surface area contributed by atoms with Gasteiger partial charge in [0.05, 0.1) is 0 Å². The molecule has 0 aliphatic heterocycles. The quantitative estimate of drug-likeness (QED) is 0.625. The molecule has 1 rings (SSSR count). The molecular formula is C13H17N3O2. The lowest BCUT2D eigenvalue weighted by Gasteiger charge is -2.06. The van der Waals surface area contributed by atoms with Crippen molar-refractivity contribution < 1.29 is 9.47 Å². The summed E-state index contributed by atoms with van der Waals surface area (Å²) in [6.45, 7) is 11.5. The van der Waals surface area contributed by atoms with Crippen LogP contribution < -0.4 is 9.47 Å². The van der Waals surface area contributed by atoms with Gasteiger partial charge in [-0.15, -0.1) is 11.6 Å². The fourth-order valence-electron chi connectivity index (χ4n) is 1.12. The second kappa shape index (κ2) is 8.00. The van der Waals surface area contributed by atoms with Crippen LogP contribution in [0, 0.1) is 0 Å². The molecule has 0 saturated heterocycles. The van der Waals surface area contributed by atoms with E-state index in [1.165, 1.54) is 0 Å². The molecule has 0 fully saturated rings. The zero-order chi connectivity index (χ0) is 13.2. The van der Waals surface area contributed by atoms with E-state index < -0.39 is 0 Å². The van der Waals surface area contributed by atoms with E-state index in [1.54, 1.807) is 18.2 Å². The Labute approximate surface area is 107 Å². The zero-order valence-corrected chi connectivity index (χ0v) is 10.3. The van der Waals surface area contributed by atoms with E-state index in [1.807, 2.05) is 0 Å². The van der Waals surface area contributed by atoms with Crippen LogP contribution in [0.15, 0.2) is 38.0 Å². The predicted octanol–water partition coefficient (Wildman–Crippen LogP) is 2.12. The summed E-state index contributed by atoms with van der Waals surface area (Å²) in [5.41, 5.74) is 0. The van der Waals surface area contributed by atoms with E-state index in [0.29, 0.717) is 25.5 Å². The lowest BCUT2D eigenvalue weighted by atomic mass is 10.3. The number of hydrogen-bond donors (Lipinski definition) is 0. The van der Waals surface area contributed by atoms with Crippen molar-refractivity contribution in [2.45, 2.75) is 12.8 Å². The van der Waals surface area contributed by atoms with Crippen molar-refractivity contribution in [2.24, 2.45) is 0 Å². The lowest BCUT2D eigenvalue weighted by Crippen LogP contribution is -2.07. The first-order valence-corrected chi connectivity index (χ1v) is 5.63. The van der Waals surface area contributed by atoms with Gasteiger partial charge in [-0.25, -0.2) is 0 Å². The molecule has 0 atom stereocenters. The lowest BCUT2D eigenvalue weighted by molar-refractivity contribution is 0.295. The maximum absolute atomic E-state index is 5.28. The third kappa shape index (κ3) is 4.78. The molecule has 0 saturated carbocycles. The molecule has 0 spiro atoms. The Morgan fingerprint density at radius 3 is 1.83 bits per heavy atom. The van der Waals surface area contributed by atoms with E-state index in [2.05, 4.69) is 34.7 Å². The first-order valence-electron chi connectivity index (χ1n) is 5.63. The number of nitrogens with zero attached hydrogens (tertiary/aromatic N) is 3. The predicted molar refractivity (Wildman–Crippen MR) is 69.7 cm³/mol. The first-order chi connectivity index (χ1) is 8.80. The van der Waals surface area contributed by atoms with Crippen molar-refractivity contribution in [1.82, 2.24) is 15.0 Å². The number of allylic oxidation sites excluding steroid dienone is 1. The van der Waals surface area contributed by atoms with E-state index in [-0.39, 0.29) is 12.0 Å². The molecule has 0 N–H and O–H groups in total. The summed E-state index contributed by atoms with van der Waals surface area (Å²) in [4.78, 5) is 12.4. The van der Waals surface area contributed by atoms with Crippen molar-refractivity contribution >= 4 is 0 Å². The minimum absolute atomic E-state index is 0.239. The van der Waals surface area contributed by atoms with Crippen LogP contribution in [-0.2, 0) is 6.42 Å². The molecule has 1 heterocycles. The highest BCUT2D eigenvalue weighted by atomic mass is 16.5. The van der Waals surface area contributed by atoms with Crippen molar-refractivity contribution in [3.63, 3.8) is 0 Å². The molecule has 5 heteroatoms. The number of aromatic nitrogens is 3. The average Bonchev–Trinajstić information content (AvgIpc) is 2.40. The van der Waals surface area contributed by atoms with Crippen LogP contribution in [0.1, 0.15) is 12.2 Å². The molecule has 5 nitrogen and oxygen atoms in total. The highest BCUT2D eigenvalue weighted by Crippen LogP contribution is 2.11. The molecule has 18 heavy (non-hydrogen) atoms. The zero-order valence-electron chi connectivity index (χ0n) is 10.3. The van der Waals surface area contributed by atoms with Gasteiger partial charge in [0, 0.05) is 6.42 Å². The molecule has 96 valence electrons. The molecular weight excluding hydrogens is 230 g/mol. The van der Waals surface area contributed by atoms with Crippen LogP contribution in [-0.4, -0.2) is 28.2 Å². The maximum Gasteiger partial charge on any atom is 0.323 e. The molecule has 0 aliphatic rings. The Morgan fingerprint density at radius 1 is 0.833 bits per heavy atom. The van der Waals surface area contributed by atoms with Crippen LogP contribution in [0.3, 0.4) is 0 Å². The fourth-order valence-corrected chi connectivity index (χ4v) is 1.12. The van der Waals surface area contributed by atoms with Crippen molar-refractivity contribution in [1.29, 1.82) is 0 Å². The number of aryl methyl sites for hydroxylation is 1. The molecule has 0 bridgehead atoms. The van der Waals surface area contributed by atoms with Crippen LogP contribution in [0.25, 0.3) is 0 Å². The monoisotopic (exact) mass is 247 g/mol. The normalized spacial score (nSPS) is 9.56. The highest BCUT2D eigenvalue weighted by molar-refractivity contribution is 5.06. The Balaban J connectivity index is 2.83. The van der Waals surface area contributed by atoms with Gasteiger partial charge in [0.1, 0.15) is 19.0 Å². The molecule has 0 aliphatic carbocycles. The van der Waals surface area contributed by atoms with Crippen molar-refractivity contribution in [3.8, 4) is 12.0 Å². The molecule has 1 aromatic rings. The Bertz CT molecular complexity index is 344. The van der Waals surface area contributed by atoms with Crippen molar-refractivity contribution in [2.75, 3.05) is 13.2 Å². The Morgan fingerprint density at radius 2 is 1.39 bits per heavy atom. The molecule has 0 radical (unpaired) electrons. The second-order valence-electron chi connectivity index (χ2n) is 3.34. The summed E-state index contributed by atoms with van der Waals surface area (Å²) in [6.07, 6.45) is 6.50. The highest BCUT2D eigenvalue weighted by Gasteiger charge is 2.07. The Kier molecular flexibility index (Phi) is 6.17. The van der Waals surface area contributed by atoms with Crippen LogP contribution in [0.2, 0.25) is 0 Å². The van der Waals surface area contributed by atoms with E-state index in [0.717, 1.165) is 6.42 Å². The van der Waals surface area contributed by atoms with Gasteiger partial charge in [0.15, 0.2) is 0 Å². The first kappa shape index (κ1) is 13.9. The minimum Gasteiger partial charge on any atom is -0.459 e. The third-order valence-electron chi connectivity index (χ3n) is 1.87. The standard InChI is InChI=1S/C13H17N3O2/c1-4-7-8-11-14-12(17-9-5-2)16-13(15-11)18-10-6-3/h4-6H,1-3,7-10H2. The van der Waals surface area contributed by atoms with Crippen LogP contribution in [0.4, 0.5) is 0 Å². The van der Waals surface area contributed by atoms with Gasteiger partial charge >= 0.3 is 12.0 Å². The van der Waals surface area contributed by atoms with Gasteiger partial charge in [-0.3, -0.25) is 0 Å². The minimum atomic E-state index is 0.239. The number of rotatable bonds is 9. The number of hydrogen-bond acceptors (Lipinski definition) is 5. The van der Waals surface area contributed by atoms with Gasteiger partial charge in [-0.1, -0.05) is 31.4 Å². The second-order valence-corrected chi connectivity index (χ2v) is 3.34. The molecule has 1 aromatic heterocycles. The molecule has 0 aromatic carbocycles. The Hall–Kier alpha value is -2.17. The summed E-state index contributed by atoms with van der Waals surface area (Å²) >= 11 is 0. The topological polar surface area (TPSA) is 57.1 Å². The van der Waals surface area contributed by atoms with Gasteiger partial charge < -0.3 is 9.47 Å². The van der Waals surface area contributed by atoms with Crippen LogP contribution >= 0.6 is 0 Å². The van der Waals surface area contributed by atoms with E-state index in [9.17, 15) is 0 Å². The van der Waals surface area contributed by atoms with Crippen molar-refractivity contribution in [3.05, 3.63) is 43.8 Å². The smallest absolute Gasteiger partial charge is 0.323 e. The van der Waals surface area contributed by atoms with Gasteiger partial charge in [0.25, 0.3) is 0 Å². The average molecular weight is 247 g/mol. The fraction of sp³-hybridized carbons (Fsp3) is 0.308. The molecule has 0 unspecified atom stereocenters. The van der Waals surface area contributed by atoms with Gasteiger partial charge in [-0.05, 0) is 6.42 Å². The van der Waals surface area contributed by atoms with Gasteiger partial charge in [-0.2, -0.15) is 9.97 Å². The number of ether oxygens (including phenoxy) is 2. The SMILES string of the molecule is C=CCCc1nc(OCC=C)nc(OCC=C)n1. The maximum atomic E-state index is 5.28. The van der Waals surface area contributed by atoms with E-state index >= 15 is 0 Å². The summed E-state index contributed by atoms with van der Waals surface area (Å²) < 4.78 is 10.6. The summed E-state index contributed by atoms with van der Waals surface area (Å²) in [7, 11) is 0. The molecule has 0 amide bonds. The van der Waals surface area contributed by atoms with E-state index in [4.69, 9.17) is 9.47 Å². The van der Waals surface area contributed by atoms with Crippen LogP contribution in [0.5, 0.6) is 12.0 Å². The third-order valence-corrected chi connectivity index (χ3v) is 1.87. The largest absolute Gasteiger partial charge is 0.459 e. The summed E-state index contributed by atoms with van der Waals surface area (Å²) in [6, 6.07) is 0.478. The summed E-state index contributed by atoms with van der Waals surface area (Å²) in [5, 5.41) is 0. The van der Waals surface area contributed by atoms with Gasteiger partial charge in [0.2, 0.25) is 0 Å².